The van der Waals surface area contributed by atoms with Gasteiger partial charge in [-0.3, -0.25) is 0 Å². The lowest BCUT2D eigenvalue weighted by molar-refractivity contribution is 0.657. The van der Waals surface area contributed by atoms with Crippen molar-refractivity contribution in [1.82, 2.24) is 0 Å². The Hall–Kier alpha value is -2.02. The van der Waals surface area contributed by atoms with Crippen LogP contribution in [-0.2, 0) is 0 Å². The minimum atomic E-state index is 0.446. The highest BCUT2D eigenvalue weighted by atomic mass is 14.5. The van der Waals surface area contributed by atoms with Gasteiger partial charge in [-0.1, -0.05) is 67.2 Å². The van der Waals surface area contributed by atoms with Gasteiger partial charge < -0.3 is 5.73 Å². The smallest absolute Gasteiger partial charge is 0.00894 e. The minimum Gasteiger partial charge on any atom is -0.403 e. The molecular formula is C18H21N. The summed E-state index contributed by atoms with van der Waals surface area (Å²) < 4.78 is 0. The normalized spacial score (nSPS) is 10.6. The maximum atomic E-state index is 5.66. The van der Waals surface area contributed by atoms with E-state index >= 15 is 0 Å². The molecule has 0 bridgehead atoms. The lowest BCUT2D eigenvalue weighted by Crippen LogP contribution is -2.02. The molecule has 2 aromatic carbocycles. The zero-order valence-corrected chi connectivity index (χ0v) is 11.3. The Balaban J connectivity index is 2.17. The van der Waals surface area contributed by atoms with Crippen LogP contribution >= 0.6 is 0 Å². The summed E-state index contributed by atoms with van der Waals surface area (Å²) in [5.41, 5.74) is 9.18. The van der Waals surface area contributed by atoms with Crippen molar-refractivity contribution in [2.24, 2.45) is 5.73 Å². The molecule has 2 rings (SSSR count). The van der Waals surface area contributed by atoms with Crippen molar-refractivity contribution in [3.63, 3.8) is 0 Å². The molecule has 0 atom stereocenters. The molecule has 0 saturated heterocycles. The molecule has 0 saturated carbocycles. The van der Waals surface area contributed by atoms with Crippen molar-refractivity contribution >= 4 is 0 Å². The summed E-state index contributed by atoms with van der Waals surface area (Å²) in [5.74, 6) is 0.446. The van der Waals surface area contributed by atoms with Crippen molar-refractivity contribution in [2.75, 3.05) is 0 Å². The third kappa shape index (κ3) is 3.99. The second-order valence-electron chi connectivity index (χ2n) is 4.92. The second kappa shape index (κ2) is 6.79. The van der Waals surface area contributed by atoms with E-state index in [1.807, 2.05) is 0 Å². The van der Waals surface area contributed by atoms with Gasteiger partial charge >= 0.3 is 0 Å². The van der Waals surface area contributed by atoms with Crippen LogP contribution in [0.15, 0.2) is 72.9 Å². The number of hydrogen-bond donors (Lipinski definition) is 1. The van der Waals surface area contributed by atoms with Crippen LogP contribution in [0.2, 0.25) is 0 Å². The molecule has 19 heavy (non-hydrogen) atoms. The third-order valence-electron chi connectivity index (χ3n) is 3.39. The lowest BCUT2D eigenvalue weighted by Gasteiger charge is -2.18. The van der Waals surface area contributed by atoms with Crippen LogP contribution in [0.5, 0.6) is 0 Å². The van der Waals surface area contributed by atoms with Crippen molar-refractivity contribution < 1.29 is 0 Å². The minimum absolute atomic E-state index is 0.446. The van der Waals surface area contributed by atoms with Crippen LogP contribution in [0.4, 0.5) is 0 Å². The maximum absolute atomic E-state index is 5.66. The molecule has 98 valence electrons. The Morgan fingerprint density at radius 3 is 1.79 bits per heavy atom. The van der Waals surface area contributed by atoms with E-state index in [0.717, 1.165) is 25.0 Å². The second-order valence-corrected chi connectivity index (χ2v) is 4.92. The number of allylic oxidation sites excluding steroid dienone is 1. The highest BCUT2D eigenvalue weighted by Gasteiger charge is 2.13. The van der Waals surface area contributed by atoms with E-state index in [0.29, 0.717) is 5.92 Å². The summed E-state index contributed by atoms with van der Waals surface area (Å²) in [6.45, 7) is 3.78. The molecule has 0 aromatic heterocycles. The Kier molecular flexibility index (Phi) is 4.79. The summed E-state index contributed by atoms with van der Waals surface area (Å²) in [6.07, 6.45) is 3.07. The number of rotatable bonds is 6. The monoisotopic (exact) mass is 251 g/mol. The number of hydrogen-bond acceptors (Lipinski definition) is 1. The Labute approximate surface area is 115 Å². The van der Waals surface area contributed by atoms with Crippen LogP contribution in [0.25, 0.3) is 0 Å². The summed E-state index contributed by atoms with van der Waals surface area (Å²) in [6, 6.07) is 21.4. The van der Waals surface area contributed by atoms with Crippen LogP contribution in [0, 0.1) is 0 Å². The molecule has 0 aliphatic rings. The summed E-state index contributed by atoms with van der Waals surface area (Å²) in [7, 11) is 0. The fraction of sp³-hybridized carbons (Fsp3) is 0.222. The van der Waals surface area contributed by atoms with Gasteiger partial charge in [0.2, 0.25) is 0 Å². The van der Waals surface area contributed by atoms with Gasteiger partial charge in [-0.15, -0.1) is 0 Å². The molecule has 0 heterocycles. The van der Waals surface area contributed by atoms with Crippen molar-refractivity contribution in [3.8, 4) is 0 Å². The number of nitrogens with two attached hydrogens (primary N) is 1. The molecule has 0 aliphatic heterocycles. The van der Waals surface area contributed by atoms with E-state index in [9.17, 15) is 0 Å². The highest BCUT2D eigenvalue weighted by Crippen LogP contribution is 2.29. The first kappa shape index (κ1) is 13.4. The quantitative estimate of drug-likeness (QED) is 0.806. The van der Waals surface area contributed by atoms with Gasteiger partial charge in [-0.05, 0) is 30.4 Å². The lowest BCUT2D eigenvalue weighted by atomic mass is 9.87. The fourth-order valence-corrected chi connectivity index (χ4v) is 2.43. The van der Waals surface area contributed by atoms with Crippen LogP contribution in [-0.4, -0.2) is 0 Å². The first-order valence-corrected chi connectivity index (χ1v) is 6.80. The highest BCUT2D eigenvalue weighted by molar-refractivity contribution is 5.32. The van der Waals surface area contributed by atoms with Gasteiger partial charge in [0.25, 0.3) is 0 Å². The average Bonchev–Trinajstić information content (AvgIpc) is 2.45. The maximum Gasteiger partial charge on any atom is 0.00894 e. The molecule has 0 radical (unpaired) electrons. The van der Waals surface area contributed by atoms with Crippen LogP contribution < -0.4 is 5.73 Å². The summed E-state index contributed by atoms with van der Waals surface area (Å²) >= 11 is 0. The zero-order chi connectivity index (χ0) is 13.5. The Morgan fingerprint density at radius 1 is 0.895 bits per heavy atom. The van der Waals surface area contributed by atoms with E-state index in [1.165, 1.54) is 11.1 Å². The van der Waals surface area contributed by atoms with Crippen molar-refractivity contribution in [1.29, 1.82) is 0 Å². The molecular weight excluding hydrogens is 230 g/mol. The van der Waals surface area contributed by atoms with E-state index in [2.05, 4.69) is 67.2 Å². The molecule has 1 heteroatoms. The SMILES string of the molecule is C=C(N)CCCC(c1ccccc1)c1ccccc1. The van der Waals surface area contributed by atoms with Gasteiger partial charge in [-0.2, -0.15) is 0 Å². The topological polar surface area (TPSA) is 26.0 Å². The van der Waals surface area contributed by atoms with Crippen molar-refractivity contribution in [3.05, 3.63) is 84.1 Å². The molecule has 2 N–H and O–H groups in total. The predicted octanol–water partition coefficient (Wildman–Crippen LogP) is 4.46. The molecule has 0 amide bonds. The first-order chi connectivity index (χ1) is 9.27. The summed E-state index contributed by atoms with van der Waals surface area (Å²) in [4.78, 5) is 0. The molecule has 0 spiro atoms. The first-order valence-electron chi connectivity index (χ1n) is 6.80. The van der Waals surface area contributed by atoms with Crippen LogP contribution in [0.3, 0.4) is 0 Å². The van der Waals surface area contributed by atoms with E-state index in [-0.39, 0.29) is 0 Å². The third-order valence-corrected chi connectivity index (χ3v) is 3.39. The summed E-state index contributed by atoms with van der Waals surface area (Å²) in [5, 5.41) is 0. The van der Waals surface area contributed by atoms with Crippen LogP contribution in [0.1, 0.15) is 36.3 Å². The number of benzene rings is 2. The molecule has 2 aromatic rings. The molecule has 1 nitrogen and oxygen atoms in total. The molecule has 0 fully saturated rings. The Morgan fingerprint density at radius 2 is 1.37 bits per heavy atom. The fourth-order valence-electron chi connectivity index (χ4n) is 2.43. The van der Waals surface area contributed by atoms with Gasteiger partial charge in [0, 0.05) is 11.6 Å². The van der Waals surface area contributed by atoms with Gasteiger partial charge in [0.1, 0.15) is 0 Å². The standard InChI is InChI=1S/C18H21N/c1-15(19)9-8-14-18(16-10-4-2-5-11-16)17-12-6-3-7-13-17/h2-7,10-13,18H,1,8-9,14,19H2. The van der Waals surface area contributed by atoms with Gasteiger partial charge in [-0.25, -0.2) is 0 Å². The van der Waals surface area contributed by atoms with Crippen molar-refractivity contribution in [2.45, 2.75) is 25.2 Å². The van der Waals surface area contributed by atoms with E-state index in [4.69, 9.17) is 5.73 Å². The predicted molar refractivity (Wildman–Crippen MR) is 81.9 cm³/mol. The molecule has 0 unspecified atom stereocenters. The van der Waals surface area contributed by atoms with E-state index < -0.39 is 0 Å². The zero-order valence-electron chi connectivity index (χ0n) is 11.3. The van der Waals surface area contributed by atoms with Gasteiger partial charge in [0.05, 0.1) is 0 Å². The average molecular weight is 251 g/mol. The van der Waals surface area contributed by atoms with Gasteiger partial charge in [0.15, 0.2) is 0 Å². The molecule has 0 aliphatic carbocycles. The largest absolute Gasteiger partial charge is 0.403 e. The van der Waals surface area contributed by atoms with E-state index in [1.54, 1.807) is 0 Å². The Bertz CT molecular complexity index is 462.